The number of ketones is 1. The second-order valence-corrected chi connectivity index (χ2v) is 10.7. The summed E-state index contributed by atoms with van der Waals surface area (Å²) < 4.78 is 15.9. The first-order valence-electron chi connectivity index (χ1n) is 14.1. The molecule has 226 valence electrons. The Morgan fingerprint density at radius 1 is 0.705 bits per heavy atom. The zero-order valence-electron chi connectivity index (χ0n) is 24.9. The molecule has 4 aromatic rings. The van der Waals surface area contributed by atoms with Gasteiger partial charge < -0.3 is 24.6 Å². The number of ether oxygens (including phenoxy) is 3. The number of methoxy groups -OCH3 is 3. The Kier molecular flexibility index (Phi) is 8.57. The number of hydrogen-bond donors (Lipinski definition) is 2. The molecule has 1 heterocycles. The van der Waals surface area contributed by atoms with Crippen LogP contribution in [-0.2, 0) is 4.79 Å². The number of benzene rings is 4. The van der Waals surface area contributed by atoms with E-state index in [1.54, 1.807) is 111 Å². The van der Waals surface area contributed by atoms with E-state index in [2.05, 4.69) is 5.32 Å². The third-order valence-electron chi connectivity index (χ3n) is 8.37. The van der Waals surface area contributed by atoms with Gasteiger partial charge in [-0.05, 0) is 78.7 Å². The van der Waals surface area contributed by atoms with Crippen molar-refractivity contribution in [2.45, 2.75) is 24.4 Å². The largest absolute Gasteiger partial charge is 0.497 e. The lowest BCUT2D eigenvalue weighted by molar-refractivity contribution is -0.148. The number of Topliss-reactive ketones (excluding diaryl/α,β-unsaturated/α-hetero) is 1. The van der Waals surface area contributed by atoms with Gasteiger partial charge >= 0.3 is 12.0 Å². The summed E-state index contributed by atoms with van der Waals surface area (Å²) in [5, 5.41) is 13.8. The van der Waals surface area contributed by atoms with E-state index in [9.17, 15) is 19.5 Å². The number of carboxylic acid groups (broad SMARTS) is 1. The van der Waals surface area contributed by atoms with Crippen molar-refractivity contribution in [3.8, 4) is 17.2 Å². The topological polar surface area (TPSA) is 114 Å². The first-order chi connectivity index (χ1) is 21.2. The van der Waals surface area contributed by atoms with Gasteiger partial charge in [-0.15, -0.1) is 0 Å². The number of amides is 2. The number of carbonyl (C=O) groups excluding carboxylic acids is 2. The third kappa shape index (κ3) is 5.44. The van der Waals surface area contributed by atoms with Crippen molar-refractivity contribution in [2.75, 3.05) is 26.6 Å². The van der Waals surface area contributed by atoms with Crippen LogP contribution in [0.2, 0.25) is 0 Å². The lowest BCUT2D eigenvalue weighted by atomic mass is 9.71. The number of nitrogens with one attached hydrogen (secondary N) is 1. The van der Waals surface area contributed by atoms with Crippen LogP contribution in [0.5, 0.6) is 17.2 Å². The molecule has 2 amide bonds. The normalized spacial score (nSPS) is 20.9. The third-order valence-corrected chi connectivity index (χ3v) is 8.37. The highest BCUT2D eigenvalue weighted by Crippen LogP contribution is 2.56. The number of hydrogen-bond acceptors (Lipinski definition) is 6. The predicted octanol–water partition coefficient (Wildman–Crippen LogP) is 6.43. The molecule has 5 rings (SSSR count). The molecule has 44 heavy (non-hydrogen) atoms. The fourth-order valence-electron chi connectivity index (χ4n) is 6.15. The van der Waals surface area contributed by atoms with Crippen LogP contribution < -0.4 is 19.5 Å². The van der Waals surface area contributed by atoms with Crippen molar-refractivity contribution >= 4 is 23.5 Å². The maximum atomic E-state index is 14.6. The smallest absolute Gasteiger partial charge is 0.330 e. The van der Waals surface area contributed by atoms with Gasteiger partial charge in [-0.3, -0.25) is 9.69 Å². The Hall–Kier alpha value is -5.31. The Morgan fingerprint density at radius 2 is 1.20 bits per heavy atom. The average molecular weight is 595 g/mol. The van der Waals surface area contributed by atoms with Crippen LogP contribution in [0.3, 0.4) is 0 Å². The molecule has 4 atom stereocenters. The lowest BCUT2D eigenvalue weighted by Gasteiger charge is -2.37. The van der Waals surface area contributed by atoms with Crippen molar-refractivity contribution in [1.82, 2.24) is 4.90 Å². The Balaban J connectivity index is 1.73. The van der Waals surface area contributed by atoms with Gasteiger partial charge in [-0.1, -0.05) is 42.5 Å². The number of likely N-dealkylation sites (tertiary alicyclic amines) is 1. The SMILES string of the molecule is COc1ccc(NC(=O)N2C(c3ccc(OC)cc3)C(C(=O)c3ccc(OC)cc3)C(c3ccccc3)C2(C)C(=O)O)cc1. The maximum absolute atomic E-state index is 14.6. The van der Waals surface area contributed by atoms with Gasteiger partial charge in [-0.25, -0.2) is 9.59 Å². The number of aliphatic carboxylic acids is 1. The van der Waals surface area contributed by atoms with Crippen molar-refractivity contribution in [3.63, 3.8) is 0 Å². The molecule has 1 aliphatic heterocycles. The zero-order chi connectivity index (χ0) is 31.4. The molecule has 0 saturated carbocycles. The second-order valence-electron chi connectivity index (χ2n) is 10.7. The van der Waals surface area contributed by atoms with Crippen LogP contribution in [0, 0.1) is 5.92 Å². The van der Waals surface area contributed by atoms with Gasteiger partial charge in [0.25, 0.3) is 0 Å². The molecular formula is C35H34N2O7. The van der Waals surface area contributed by atoms with Crippen LogP contribution in [0.1, 0.15) is 40.4 Å². The summed E-state index contributed by atoms with van der Waals surface area (Å²) in [6.07, 6.45) is 0. The van der Waals surface area contributed by atoms with Gasteiger partial charge in [0.15, 0.2) is 5.78 Å². The summed E-state index contributed by atoms with van der Waals surface area (Å²) in [5.41, 5.74) is 0.199. The number of carbonyl (C=O) groups is 3. The molecule has 9 heteroatoms. The van der Waals surface area contributed by atoms with E-state index >= 15 is 0 Å². The summed E-state index contributed by atoms with van der Waals surface area (Å²) in [6, 6.07) is 27.8. The van der Waals surface area contributed by atoms with Crippen LogP contribution >= 0.6 is 0 Å². The van der Waals surface area contributed by atoms with Gasteiger partial charge in [0.05, 0.1) is 33.3 Å². The summed E-state index contributed by atoms with van der Waals surface area (Å²) in [7, 11) is 4.62. The summed E-state index contributed by atoms with van der Waals surface area (Å²) in [4.78, 5) is 43.7. The number of anilines is 1. The molecule has 0 aliphatic carbocycles. The van der Waals surface area contributed by atoms with E-state index < -0.39 is 35.4 Å². The molecule has 0 bridgehead atoms. The minimum absolute atomic E-state index is 0.297. The Labute approximate surface area is 256 Å². The molecule has 4 aromatic carbocycles. The van der Waals surface area contributed by atoms with Gasteiger partial charge in [0.1, 0.15) is 22.8 Å². The van der Waals surface area contributed by atoms with E-state index in [0.29, 0.717) is 39.6 Å². The summed E-state index contributed by atoms with van der Waals surface area (Å²) >= 11 is 0. The van der Waals surface area contributed by atoms with Crippen LogP contribution in [0.25, 0.3) is 0 Å². The fraction of sp³-hybridized carbons (Fsp3) is 0.229. The Bertz CT molecular complexity index is 1620. The highest BCUT2D eigenvalue weighted by Gasteiger charge is 2.65. The quantitative estimate of drug-likeness (QED) is 0.215. The molecule has 0 aromatic heterocycles. The Morgan fingerprint density at radius 3 is 1.70 bits per heavy atom. The number of rotatable bonds is 9. The van der Waals surface area contributed by atoms with Gasteiger partial charge in [0.2, 0.25) is 0 Å². The van der Waals surface area contributed by atoms with E-state index in [0.717, 1.165) is 0 Å². The van der Waals surface area contributed by atoms with Crippen LogP contribution in [0.15, 0.2) is 103 Å². The molecule has 0 spiro atoms. The predicted molar refractivity (Wildman–Crippen MR) is 166 cm³/mol. The second kappa shape index (κ2) is 12.5. The molecule has 9 nitrogen and oxygen atoms in total. The molecular weight excluding hydrogens is 560 g/mol. The van der Waals surface area contributed by atoms with Gasteiger partial charge in [-0.2, -0.15) is 0 Å². The van der Waals surface area contributed by atoms with E-state index in [1.165, 1.54) is 18.9 Å². The van der Waals surface area contributed by atoms with Crippen molar-refractivity contribution < 1.29 is 33.7 Å². The number of carboxylic acids is 1. The van der Waals surface area contributed by atoms with Crippen LogP contribution in [-0.4, -0.2) is 54.7 Å². The van der Waals surface area contributed by atoms with Crippen molar-refractivity contribution in [1.29, 1.82) is 0 Å². The molecule has 2 N–H and O–H groups in total. The monoisotopic (exact) mass is 594 g/mol. The fourth-order valence-corrected chi connectivity index (χ4v) is 6.15. The maximum Gasteiger partial charge on any atom is 0.330 e. The summed E-state index contributed by atoms with van der Waals surface area (Å²) in [6.45, 7) is 1.51. The van der Waals surface area contributed by atoms with Crippen LogP contribution in [0.4, 0.5) is 10.5 Å². The van der Waals surface area contributed by atoms with Gasteiger partial charge in [0, 0.05) is 17.2 Å². The molecule has 4 unspecified atom stereocenters. The lowest BCUT2D eigenvalue weighted by Crippen LogP contribution is -2.55. The van der Waals surface area contributed by atoms with E-state index in [1.807, 2.05) is 6.07 Å². The van der Waals surface area contributed by atoms with E-state index in [-0.39, 0.29) is 5.78 Å². The first-order valence-corrected chi connectivity index (χ1v) is 14.1. The highest BCUT2D eigenvalue weighted by molar-refractivity contribution is 6.03. The highest BCUT2D eigenvalue weighted by atomic mass is 16.5. The first kappa shape index (κ1) is 30.2. The average Bonchev–Trinajstić information content (AvgIpc) is 3.35. The molecule has 1 aliphatic rings. The minimum Gasteiger partial charge on any atom is -0.497 e. The molecule has 1 fully saturated rings. The van der Waals surface area contributed by atoms with Crippen molar-refractivity contribution in [3.05, 3.63) is 120 Å². The summed E-state index contributed by atoms with van der Waals surface area (Å²) in [5.74, 6) is -1.65. The number of nitrogens with zero attached hydrogens (tertiary/aromatic N) is 1. The zero-order valence-corrected chi connectivity index (χ0v) is 24.9. The minimum atomic E-state index is -1.84. The van der Waals surface area contributed by atoms with Crippen molar-refractivity contribution in [2.24, 2.45) is 5.92 Å². The standard InChI is InChI=1S/C35H34N2O7/c1-35(33(39)40)30(22-8-6-5-7-9-22)29(32(38)24-12-18-27(43-3)19-13-24)31(23-10-16-26(42-2)17-11-23)37(35)34(41)36-25-14-20-28(44-4)21-15-25/h5-21,29-31H,1-4H3,(H,36,41)(H,39,40). The molecule has 0 radical (unpaired) electrons. The number of urea groups is 1. The molecule has 1 saturated heterocycles. The van der Waals surface area contributed by atoms with E-state index in [4.69, 9.17) is 14.2 Å².